The van der Waals surface area contributed by atoms with Gasteiger partial charge in [0, 0.05) is 19.1 Å². The Labute approximate surface area is 224 Å². The third-order valence-electron chi connectivity index (χ3n) is 6.59. The summed E-state index contributed by atoms with van der Waals surface area (Å²) in [7, 11) is -3.83. The van der Waals surface area contributed by atoms with E-state index < -0.39 is 28.1 Å². The largest absolute Gasteiger partial charge is 0.490 e. The van der Waals surface area contributed by atoms with Crippen LogP contribution in [0.15, 0.2) is 41.4 Å². The molecule has 1 aromatic heterocycles. The minimum atomic E-state index is -5.08. The number of carboxylic acids is 2. The molecule has 2 aliphatic heterocycles. The minimum absolute atomic E-state index is 0.00512. The maximum atomic E-state index is 12.7. The Bertz CT molecular complexity index is 1260. The smallest absolute Gasteiger partial charge is 0.478 e. The molecular formula is C25H31F3N4O6S. The van der Waals surface area contributed by atoms with Gasteiger partial charge in [0.2, 0.25) is 0 Å². The van der Waals surface area contributed by atoms with E-state index in [1.807, 2.05) is 11.8 Å². The number of hydrogen-bond acceptors (Lipinski definition) is 7. The first-order valence-electron chi connectivity index (χ1n) is 12.4. The number of aliphatic carboxylic acids is 1. The Morgan fingerprint density at radius 3 is 2.08 bits per heavy atom. The van der Waals surface area contributed by atoms with Crippen molar-refractivity contribution in [2.45, 2.75) is 56.1 Å². The number of benzene rings is 1. The summed E-state index contributed by atoms with van der Waals surface area (Å²) in [6.45, 7) is 5.66. The number of hydrogen-bond donors (Lipinski definition) is 3. The summed E-state index contributed by atoms with van der Waals surface area (Å²) in [6.07, 6.45) is 2.08. The normalized spacial score (nSPS) is 17.2. The Kier molecular flexibility index (Phi) is 9.78. The second-order valence-electron chi connectivity index (χ2n) is 9.44. The van der Waals surface area contributed by atoms with Crippen molar-refractivity contribution in [3.05, 3.63) is 47.7 Å². The highest BCUT2D eigenvalue weighted by Crippen LogP contribution is 2.28. The van der Waals surface area contributed by atoms with Gasteiger partial charge in [-0.25, -0.2) is 23.0 Å². The molecule has 3 N–H and O–H groups in total. The highest BCUT2D eigenvalue weighted by molar-refractivity contribution is 7.92. The molecule has 10 nitrogen and oxygen atoms in total. The van der Waals surface area contributed by atoms with Crippen LogP contribution in [0.1, 0.15) is 48.0 Å². The van der Waals surface area contributed by atoms with Gasteiger partial charge in [0.05, 0.1) is 16.8 Å². The Morgan fingerprint density at radius 1 is 1.00 bits per heavy atom. The van der Waals surface area contributed by atoms with E-state index in [4.69, 9.17) is 9.90 Å². The SMILES string of the molecule is Cc1ccc(S(=O)(=O)Nc2cnc(N3CCC(N4CCCCC4)CC3)c(C(=O)O)c2)cc1.O=C(O)C(F)(F)F. The van der Waals surface area contributed by atoms with Gasteiger partial charge in [-0.05, 0) is 63.9 Å². The van der Waals surface area contributed by atoms with Crippen LogP contribution in [-0.2, 0) is 14.8 Å². The average Bonchev–Trinajstić information content (AvgIpc) is 2.89. The zero-order chi connectivity index (χ0) is 28.8. The number of aryl methyl sites for hydroxylation is 1. The number of aromatic carboxylic acids is 1. The second-order valence-corrected chi connectivity index (χ2v) is 11.1. The third kappa shape index (κ3) is 8.30. The summed E-state index contributed by atoms with van der Waals surface area (Å²) in [5.74, 6) is -3.48. The van der Waals surface area contributed by atoms with Crippen LogP contribution >= 0.6 is 0 Å². The quantitative estimate of drug-likeness (QED) is 0.469. The number of rotatable bonds is 6. The number of nitrogens with one attached hydrogen (secondary N) is 1. The molecule has 4 rings (SSSR count). The van der Waals surface area contributed by atoms with Crippen LogP contribution in [0.25, 0.3) is 0 Å². The topological polar surface area (TPSA) is 140 Å². The van der Waals surface area contributed by atoms with Gasteiger partial charge in [-0.15, -0.1) is 0 Å². The molecule has 0 bridgehead atoms. The molecule has 39 heavy (non-hydrogen) atoms. The third-order valence-corrected chi connectivity index (χ3v) is 7.99. The maximum absolute atomic E-state index is 12.7. The number of aromatic nitrogens is 1. The minimum Gasteiger partial charge on any atom is -0.478 e. The molecule has 2 fully saturated rings. The molecule has 2 aromatic rings. The van der Waals surface area contributed by atoms with Crippen molar-refractivity contribution in [2.24, 2.45) is 0 Å². The standard InChI is InChI=1S/C23H30N4O4S.C2HF3O2/c1-17-5-7-20(8-6-17)32(30,31)25-18-15-21(23(28)29)22(24-16-18)27-13-9-19(10-14-27)26-11-3-2-4-12-26;3-2(4,5)1(6)7/h5-8,15-16,19,25H,2-4,9-14H2,1H3,(H,28,29);(H,6,7). The van der Waals surface area contributed by atoms with Crippen LogP contribution in [0.3, 0.4) is 0 Å². The number of anilines is 2. The molecule has 0 amide bonds. The first-order valence-corrected chi connectivity index (χ1v) is 13.9. The van der Waals surface area contributed by atoms with E-state index in [0.717, 1.165) is 44.6 Å². The van der Waals surface area contributed by atoms with E-state index >= 15 is 0 Å². The van der Waals surface area contributed by atoms with E-state index in [0.29, 0.717) is 11.9 Å². The van der Waals surface area contributed by atoms with Gasteiger partial charge in [-0.3, -0.25) is 4.72 Å². The highest BCUT2D eigenvalue weighted by atomic mass is 32.2. The van der Waals surface area contributed by atoms with Crippen molar-refractivity contribution in [1.82, 2.24) is 9.88 Å². The zero-order valence-corrected chi connectivity index (χ0v) is 22.1. The fourth-order valence-corrected chi connectivity index (χ4v) is 5.61. The molecule has 0 saturated carbocycles. The van der Waals surface area contributed by atoms with Gasteiger partial charge < -0.3 is 20.0 Å². The molecule has 0 radical (unpaired) electrons. The molecular weight excluding hydrogens is 541 g/mol. The summed E-state index contributed by atoms with van der Waals surface area (Å²) in [5, 5.41) is 16.9. The average molecular weight is 573 g/mol. The Morgan fingerprint density at radius 2 is 1.56 bits per heavy atom. The lowest BCUT2D eigenvalue weighted by Gasteiger charge is -2.40. The molecule has 14 heteroatoms. The van der Waals surface area contributed by atoms with Crippen molar-refractivity contribution < 1.29 is 41.4 Å². The molecule has 2 saturated heterocycles. The molecule has 0 aliphatic carbocycles. The number of likely N-dealkylation sites (tertiary alicyclic amines) is 1. The molecule has 0 unspecified atom stereocenters. The summed E-state index contributed by atoms with van der Waals surface area (Å²) in [6, 6.07) is 8.36. The van der Waals surface area contributed by atoms with Gasteiger partial charge in [-0.1, -0.05) is 24.1 Å². The van der Waals surface area contributed by atoms with Crippen LogP contribution in [-0.4, -0.2) is 78.9 Å². The van der Waals surface area contributed by atoms with Crippen molar-refractivity contribution >= 4 is 33.5 Å². The van der Waals surface area contributed by atoms with Gasteiger partial charge in [0.25, 0.3) is 10.0 Å². The first-order chi connectivity index (χ1) is 18.3. The van der Waals surface area contributed by atoms with Gasteiger partial charge in [0.15, 0.2) is 0 Å². The van der Waals surface area contributed by atoms with Crippen LogP contribution in [0.5, 0.6) is 0 Å². The number of pyridine rings is 1. The van der Waals surface area contributed by atoms with Gasteiger partial charge in [0.1, 0.15) is 11.4 Å². The number of piperidine rings is 2. The predicted molar refractivity (Wildman–Crippen MR) is 138 cm³/mol. The van der Waals surface area contributed by atoms with E-state index in [-0.39, 0.29) is 16.1 Å². The van der Waals surface area contributed by atoms with Crippen LogP contribution < -0.4 is 9.62 Å². The molecule has 1 aromatic carbocycles. The lowest BCUT2D eigenvalue weighted by molar-refractivity contribution is -0.192. The monoisotopic (exact) mass is 572 g/mol. The lowest BCUT2D eigenvalue weighted by atomic mass is 9.99. The summed E-state index contributed by atoms with van der Waals surface area (Å²) >= 11 is 0. The summed E-state index contributed by atoms with van der Waals surface area (Å²) < 4.78 is 59.5. The molecule has 0 spiro atoms. The first kappa shape index (κ1) is 30.2. The molecule has 2 aliphatic rings. The van der Waals surface area contributed by atoms with Crippen molar-refractivity contribution in [2.75, 3.05) is 35.8 Å². The van der Waals surface area contributed by atoms with Crippen molar-refractivity contribution in [1.29, 1.82) is 0 Å². The van der Waals surface area contributed by atoms with Crippen LogP contribution in [0.2, 0.25) is 0 Å². The summed E-state index contributed by atoms with van der Waals surface area (Å²) in [4.78, 5) is 29.9. The molecule has 3 heterocycles. The fraction of sp³-hybridized carbons (Fsp3) is 0.480. The number of nitrogens with zero attached hydrogens (tertiary/aromatic N) is 3. The number of carbonyl (C=O) groups is 2. The lowest BCUT2D eigenvalue weighted by Crippen LogP contribution is -2.47. The van der Waals surface area contributed by atoms with Crippen LogP contribution in [0.4, 0.5) is 24.7 Å². The van der Waals surface area contributed by atoms with Gasteiger partial charge in [-0.2, -0.15) is 13.2 Å². The number of alkyl halides is 3. The van der Waals surface area contributed by atoms with E-state index in [9.17, 15) is 31.5 Å². The van der Waals surface area contributed by atoms with E-state index in [2.05, 4.69) is 14.6 Å². The number of halogens is 3. The van der Waals surface area contributed by atoms with Crippen molar-refractivity contribution in [3.63, 3.8) is 0 Å². The fourth-order valence-electron chi connectivity index (χ4n) is 4.58. The second kappa shape index (κ2) is 12.6. The highest BCUT2D eigenvalue weighted by Gasteiger charge is 2.38. The van der Waals surface area contributed by atoms with Crippen LogP contribution in [0, 0.1) is 6.92 Å². The molecule has 214 valence electrons. The predicted octanol–water partition coefficient (Wildman–Crippen LogP) is 3.98. The van der Waals surface area contributed by atoms with E-state index in [1.165, 1.54) is 43.7 Å². The van der Waals surface area contributed by atoms with Crippen molar-refractivity contribution in [3.8, 4) is 0 Å². The maximum Gasteiger partial charge on any atom is 0.490 e. The molecule has 0 atom stereocenters. The number of sulfonamides is 1. The Balaban J connectivity index is 0.000000532. The van der Waals surface area contributed by atoms with E-state index in [1.54, 1.807) is 12.1 Å². The Hall–Kier alpha value is -3.39. The van der Waals surface area contributed by atoms with Gasteiger partial charge >= 0.3 is 18.1 Å². The summed E-state index contributed by atoms with van der Waals surface area (Å²) in [5.41, 5.74) is 1.09. The number of carboxylic acid groups (broad SMARTS) is 2. The zero-order valence-electron chi connectivity index (χ0n) is 21.3.